The predicted molar refractivity (Wildman–Crippen MR) is 48.5 cm³/mol. The number of hydrogen-bond donors (Lipinski definition) is 2. The summed E-state index contributed by atoms with van der Waals surface area (Å²) in [5, 5.41) is 3.37. The van der Waals surface area contributed by atoms with E-state index in [4.69, 9.17) is 5.73 Å². The van der Waals surface area contributed by atoms with Crippen LogP contribution in [0.4, 0.5) is 0 Å². The van der Waals surface area contributed by atoms with Crippen LogP contribution in [-0.4, -0.2) is 18.6 Å². The van der Waals surface area contributed by atoms with Crippen molar-refractivity contribution in [3.05, 3.63) is 0 Å². The van der Waals surface area contributed by atoms with Gasteiger partial charge < -0.3 is 11.1 Å². The molecule has 2 heteroatoms. The van der Waals surface area contributed by atoms with E-state index in [1.165, 1.54) is 25.9 Å². The Hall–Kier alpha value is -0.0800. The fourth-order valence-corrected chi connectivity index (χ4v) is 1.54. The molecule has 1 atom stereocenters. The summed E-state index contributed by atoms with van der Waals surface area (Å²) in [6.07, 6.45) is 3.78. The van der Waals surface area contributed by atoms with E-state index in [0.717, 1.165) is 12.3 Å². The quantitative estimate of drug-likeness (QED) is 0.642. The van der Waals surface area contributed by atoms with Gasteiger partial charge in [0.1, 0.15) is 0 Å². The first-order chi connectivity index (χ1) is 5.08. The third kappa shape index (κ3) is 3.73. The molecule has 0 saturated carbocycles. The van der Waals surface area contributed by atoms with Gasteiger partial charge in [-0.3, -0.25) is 0 Å². The highest BCUT2D eigenvalue weighted by Crippen LogP contribution is 2.18. The Morgan fingerprint density at radius 1 is 1.55 bits per heavy atom. The third-order valence-electron chi connectivity index (χ3n) is 2.36. The van der Waals surface area contributed by atoms with Crippen LogP contribution in [0, 0.1) is 5.92 Å². The van der Waals surface area contributed by atoms with Crippen molar-refractivity contribution in [2.45, 2.75) is 38.6 Å². The molecule has 3 N–H and O–H groups in total. The zero-order valence-corrected chi connectivity index (χ0v) is 7.69. The van der Waals surface area contributed by atoms with Crippen molar-refractivity contribution in [2.75, 3.05) is 13.1 Å². The van der Waals surface area contributed by atoms with Gasteiger partial charge in [0.05, 0.1) is 0 Å². The van der Waals surface area contributed by atoms with Gasteiger partial charge in [-0.25, -0.2) is 0 Å². The molecule has 1 heterocycles. The van der Waals surface area contributed by atoms with Crippen LogP contribution in [0.15, 0.2) is 0 Å². The Morgan fingerprint density at radius 3 is 2.73 bits per heavy atom. The summed E-state index contributed by atoms with van der Waals surface area (Å²) in [4.78, 5) is 0. The van der Waals surface area contributed by atoms with Crippen molar-refractivity contribution >= 4 is 0 Å². The van der Waals surface area contributed by atoms with E-state index in [1.54, 1.807) is 0 Å². The predicted octanol–water partition coefficient (Wildman–Crippen LogP) is 1.11. The van der Waals surface area contributed by atoms with Gasteiger partial charge in [0.25, 0.3) is 0 Å². The number of nitrogens with one attached hydrogen (secondary N) is 1. The lowest BCUT2D eigenvalue weighted by molar-refractivity contribution is 0.399. The van der Waals surface area contributed by atoms with Crippen LogP contribution < -0.4 is 11.1 Å². The molecule has 2 nitrogen and oxygen atoms in total. The Balaban J connectivity index is 2.11. The van der Waals surface area contributed by atoms with Crippen LogP contribution in [0.25, 0.3) is 0 Å². The average Bonchev–Trinajstić information content (AvgIpc) is 2.32. The van der Waals surface area contributed by atoms with Crippen molar-refractivity contribution in [3.63, 3.8) is 0 Å². The molecule has 0 spiro atoms. The zero-order valence-electron chi connectivity index (χ0n) is 7.69. The van der Waals surface area contributed by atoms with Crippen molar-refractivity contribution in [1.82, 2.24) is 5.32 Å². The molecule has 1 aliphatic heterocycles. The maximum Gasteiger partial charge on any atom is 0.00971 e. The molecule has 11 heavy (non-hydrogen) atoms. The molecule has 0 amide bonds. The molecule has 0 aliphatic carbocycles. The smallest absolute Gasteiger partial charge is 0.00971 e. The van der Waals surface area contributed by atoms with Gasteiger partial charge in [-0.05, 0) is 52.1 Å². The molecular formula is C9H20N2. The molecule has 1 unspecified atom stereocenters. The molecule has 66 valence electrons. The lowest BCUT2D eigenvalue weighted by atomic mass is 9.93. The van der Waals surface area contributed by atoms with Crippen LogP contribution in [0.5, 0.6) is 0 Å². The summed E-state index contributed by atoms with van der Waals surface area (Å²) in [5.41, 5.74) is 5.92. The van der Waals surface area contributed by atoms with Crippen LogP contribution in [0.3, 0.4) is 0 Å². The number of nitrogens with two attached hydrogens (primary N) is 1. The van der Waals surface area contributed by atoms with E-state index in [9.17, 15) is 0 Å². The molecule has 0 radical (unpaired) electrons. The topological polar surface area (TPSA) is 38.0 Å². The standard InChI is InChI=1S/C9H20N2/c1-9(2,10)5-3-8-4-6-11-7-8/h8,11H,3-7,10H2,1-2H3. The molecule has 1 saturated heterocycles. The Morgan fingerprint density at radius 2 is 2.27 bits per heavy atom. The molecule has 0 aromatic heterocycles. The van der Waals surface area contributed by atoms with E-state index >= 15 is 0 Å². The minimum absolute atomic E-state index is 0.0303. The van der Waals surface area contributed by atoms with Crippen molar-refractivity contribution in [3.8, 4) is 0 Å². The highest BCUT2D eigenvalue weighted by molar-refractivity contribution is 4.77. The minimum atomic E-state index is 0.0303. The van der Waals surface area contributed by atoms with Gasteiger partial charge in [-0.2, -0.15) is 0 Å². The largest absolute Gasteiger partial charge is 0.326 e. The van der Waals surface area contributed by atoms with Crippen molar-refractivity contribution in [1.29, 1.82) is 0 Å². The van der Waals surface area contributed by atoms with Crippen LogP contribution in [0.1, 0.15) is 33.1 Å². The van der Waals surface area contributed by atoms with E-state index < -0.39 is 0 Å². The molecule has 1 fully saturated rings. The van der Waals surface area contributed by atoms with E-state index in [1.807, 2.05) is 0 Å². The first-order valence-corrected chi connectivity index (χ1v) is 4.57. The summed E-state index contributed by atoms with van der Waals surface area (Å²) >= 11 is 0. The number of rotatable bonds is 3. The highest BCUT2D eigenvalue weighted by atomic mass is 14.9. The van der Waals surface area contributed by atoms with Gasteiger partial charge in [0.15, 0.2) is 0 Å². The van der Waals surface area contributed by atoms with Crippen LogP contribution >= 0.6 is 0 Å². The first kappa shape index (κ1) is 9.01. The van der Waals surface area contributed by atoms with Crippen LogP contribution in [0.2, 0.25) is 0 Å². The summed E-state index contributed by atoms with van der Waals surface area (Å²) < 4.78 is 0. The molecule has 1 aliphatic rings. The Kier molecular flexibility index (Phi) is 2.90. The highest BCUT2D eigenvalue weighted by Gasteiger charge is 2.18. The molecule has 1 rings (SSSR count). The van der Waals surface area contributed by atoms with Gasteiger partial charge in [0, 0.05) is 5.54 Å². The normalized spacial score (nSPS) is 25.9. The fraction of sp³-hybridized carbons (Fsp3) is 1.00. The maximum atomic E-state index is 5.89. The van der Waals surface area contributed by atoms with E-state index in [2.05, 4.69) is 19.2 Å². The van der Waals surface area contributed by atoms with Gasteiger partial charge in [-0.1, -0.05) is 0 Å². The minimum Gasteiger partial charge on any atom is -0.326 e. The number of hydrogen-bond acceptors (Lipinski definition) is 2. The fourth-order valence-electron chi connectivity index (χ4n) is 1.54. The van der Waals surface area contributed by atoms with E-state index in [-0.39, 0.29) is 5.54 Å². The Bertz CT molecular complexity index is 109. The zero-order chi connectivity index (χ0) is 8.32. The second-order valence-electron chi connectivity index (χ2n) is 4.39. The van der Waals surface area contributed by atoms with Gasteiger partial charge in [-0.15, -0.1) is 0 Å². The van der Waals surface area contributed by atoms with E-state index in [0.29, 0.717) is 0 Å². The van der Waals surface area contributed by atoms with Gasteiger partial charge in [0.2, 0.25) is 0 Å². The monoisotopic (exact) mass is 156 g/mol. The summed E-state index contributed by atoms with van der Waals surface area (Å²) in [7, 11) is 0. The second kappa shape index (κ2) is 3.55. The summed E-state index contributed by atoms with van der Waals surface area (Å²) in [6.45, 7) is 6.62. The van der Waals surface area contributed by atoms with Crippen molar-refractivity contribution < 1.29 is 0 Å². The average molecular weight is 156 g/mol. The lowest BCUT2D eigenvalue weighted by Gasteiger charge is -2.20. The maximum absolute atomic E-state index is 5.89. The Labute approximate surface area is 69.5 Å². The lowest BCUT2D eigenvalue weighted by Crippen LogP contribution is -2.32. The molecular weight excluding hydrogens is 136 g/mol. The molecule has 0 aromatic rings. The summed E-state index contributed by atoms with van der Waals surface area (Å²) in [6, 6.07) is 0. The summed E-state index contributed by atoms with van der Waals surface area (Å²) in [5.74, 6) is 0.887. The first-order valence-electron chi connectivity index (χ1n) is 4.57. The van der Waals surface area contributed by atoms with Crippen LogP contribution in [-0.2, 0) is 0 Å². The third-order valence-corrected chi connectivity index (χ3v) is 2.36. The molecule has 0 bridgehead atoms. The van der Waals surface area contributed by atoms with Crippen molar-refractivity contribution in [2.24, 2.45) is 11.7 Å². The van der Waals surface area contributed by atoms with Gasteiger partial charge >= 0.3 is 0 Å². The second-order valence-corrected chi connectivity index (χ2v) is 4.39. The SMILES string of the molecule is CC(C)(N)CCC1CCNC1. The molecule has 0 aromatic carbocycles.